The molecule has 0 aromatic rings. The van der Waals surface area contributed by atoms with Crippen LogP contribution in [0.3, 0.4) is 0 Å². The highest BCUT2D eigenvalue weighted by Gasteiger charge is 1.96. The van der Waals surface area contributed by atoms with Crippen LogP contribution in [0.15, 0.2) is 11.2 Å². The van der Waals surface area contributed by atoms with Crippen molar-refractivity contribution in [3.05, 3.63) is 11.2 Å². The fourth-order valence-corrected chi connectivity index (χ4v) is 2.61. The summed E-state index contributed by atoms with van der Waals surface area (Å²) in [4.78, 5) is 0. The van der Waals surface area contributed by atoms with E-state index in [2.05, 4.69) is 19.5 Å². The van der Waals surface area contributed by atoms with Crippen LogP contribution in [0.4, 0.5) is 0 Å². The number of halogens is 1. The molecule has 8 heavy (non-hydrogen) atoms. The van der Waals surface area contributed by atoms with Gasteiger partial charge < -0.3 is 0 Å². The Labute approximate surface area is 58.2 Å². The van der Waals surface area contributed by atoms with E-state index in [9.17, 15) is 0 Å². The van der Waals surface area contributed by atoms with Crippen LogP contribution in [0.1, 0.15) is 13.8 Å². The molecule has 0 atom stereocenters. The van der Waals surface area contributed by atoms with E-state index in [4.69, 9.17) is 11.6 Å². The molecule has 0 unspecified atom stereocenters. The summed E-state index contributed by atoms with van der Waals surface area (Å²) in [5.41, 5.74) is 3.85. The highest BCUT2D eigenvalue weighted by Crippen LogP contribution is 1.99. The smallest absolute Gasteiger partial charge is 0.0621 e. The molecule has 0 amide bonds. The minimum atomic E-state index is -0.505. The predicted octanol–water partition coefficient (Wildman–Crippen LogP) is 2.55. The predicted molar refractivity (Wildman–Crippen MR) is 43.1 cm³/mol. The highest BCUT2D eigenvalue weighted by atomic mass is 35.5. The summed E-state index contributed by atoms with van der Waals surface area (Å²) >= 11 is 5.41. The Hall–Kier alpha value is 0.247. The van der Waals surface area contributed by atoms with Gasteiger partial charge >= 0.3 is 0 Å². The molecular weight excluding hydrogens is 136 g/mol. The van der Waals surface area contributed by atoms with Gasteiger partial charge in [-0.1, -0.05) is 43.2 Å². The van der Waals surface area contributed by atoms with Gasteiger partial charge in [0.15, 0.2) is 0 Å². The van der Waals surface area contributed by atoms with Crippen LogP contribution in [0.5, 0.6) is 0 Å². The van der Waals surface area contributed by atoms with Crippen molar-refractivity contribution in [2.75, 3.05) is 0 Å². The zero-order valence-corrected chi connectivity index (χ0v) is 7.43. The lowest BCUT2D eigenvalue weighted by molar-refractivity contribution is 1.33. The zero-order chi connectivity index (χ0) is 6.41. The van der Waals surface area contributed by atoms with E-state index in [0.717, 1.165) is 0 Å². The average molecular weight is 149 g/mol. The average Bonchev–Trinajstić information content (AvgIpc) is 1.83. The lowest BCUT2D eigenvalue weighted by Gasteiger charge is -1.99. The molecule has 0 saturated carbocycles. The molecule has 0 aliphatic heterocycles. The van der Waals surface area contributed by atoms with Gasteiger partial charge in [0.25, 0.3) is 0 Å². The molecule has 0 heterocycles. The van der Waals surface area contributed by atoms with Crippen molar-refractivity contribution in [2.45, 2.75) is 25.9 Å². The molecular formula is C6H13ClSi. The number of hydrogen-bond acceptors (Lipinski definition) is 0. The Kier molecular flexibility index (Phi) is 5.55. The van der Waals surface area contributed by atoms with Crippen molar-refractivity contribution in [3.63, 3.8) is 0 Å². The summed E-state index contributed by atoms with van der Waals surface area (Å²) in [6, 6.07) is 2.67. The van der Waals surface area contributed by atoms with E-state index in [1.165, 1.54) is 12.1 Å². The molecule has 0 nitrogen and oxygen atoms in total. The fraction of sp³-hybridized carbons (Fsp3) is 0.667. The van der Waals surface area contributed by atoms with Gasteiger partial charge in [-0.3, -0.25) is 0 Å². The zero-order valence-electron chi connectivity index (χ0n) is 5.52. The van der Waals surface area contributed by atoms with Crippen LogP contribution in [-0.2, 0) is 0 Å². The summed E-state index contributed by atoms with van der Waals surface area (Å²) in [5.74, 6) is 0. The summed E-state index contributed by atoms with van der Waals surface area (Å²) < 4.78 is 0. The Morgan fingerprint density at radius 1 is 1.38 bits per heavy atom. The van der Waals surface area contributed by atoms with Crippen LogP contribution in [-0.4, -0.2) is 8.80 Å². The van der Waals surface area contributed by atoms with Crippen molar-refractivity contribution in [1.29, 1.82) is 0 Å². The summed E-state index contributed by atoms with van der Waals surface area (Å²) in [6.07, 6.45) is 0. The van der Waals surface area contributed by atoms with Crippen molar-refractivity contribution in [3.8, 4) is 0 Å². The Morgan fingerprint density at radius 2 is 1.88 bits per heavy atom. The van der Waals surface area contributed by atoms with Crippen LogP contribution in [0.2, 0.25) is 12.1 Å². The Bertz CT molecular complexity index is 66.9. The van der Waals surface area contributed by atoms with E-state index >= 15 is 0 Å². The minimum Gasteiger partial charge on any atom is -0.0937 e. The van der Waals surface area contributed by atoms with Crippen LogP contribution >= 0.6 is 11.6 Å². The molecule has 0 aromatic carbocycles. The fourth-order valence-electron chi connectivity index (χ4n) is 0.664. The Balaban J connectivity index is 3.36. The van der Waals surface area contributed by atoms with Gasteiger partial charge in [-0.15, -0.1) is 0 Å². The lowest BCUT2D eigenvalue weighted by Crippen LogP contribution is -2.03. The van der Waals surface area contributed by atoms with Crippen molar-refractivity contribution >= 4 is 20.4 Å². The third kappa shape index (κ3) is 3.27. The van der Waals surface area contributed by atoms with E-state index in [0.29, 0.717) is 0 Å². The summed E-state index contributed by atoms with van der Waals surface area (Å²) in [7, 11) is -0.505. The first-order chi connectivity index (χ1) is 3.85. The molecule has 0 rings (SSSR count). The van der Waals surface area contributed by atoms with Gasteiger partial charge in [-0.25, -0.2) is 0 Å². The molecule has 0 aromatic heterocycles. The Morgan fingerprint density at radius 3 is 2.00 bits per heavy atom. The standard InChI is InChI=1S/C6H13ClSi/c1-3-8(4-2)6-5-7/h5-6,8H,3-4H2,1-2H3. The van der Waals surface area contributed by atoms with Crippen LogP contribution in [0.25, 0.3) is 0 Å². The van der Waals surface area contributed by atoms with Gasteiger partial charge in [0, 0.05) is 0 Å². The molecule has 0 N–H and O–H groups in total. The van der Waals surface area contributed by atoms with Crippen molar-refractivity contribution < 1.29 is 0 Å². The normalized spacial score (nSPS) is 11.5. The van der Waals surface area contributed by atoms with Gasteiger partial charge in [0.05, 0.1) is 8.80 Å². The first-order valence-corrected chi connectivity index (χ1v) is 5.85. The second-order valence-electron chi connectivity index (χ2n) is 1.90. The maximum absolute atomic E-state index is 5.41. The molecule has 2 heteroatoms. The van der Waals surface area contributed by atoms with E-state index in [-0.39, 0.29) is 0 Å². The third-order valence-electron chi connectivity index (χ3n) is 1.39. The van der Waals surface area contributed by atoms with Gasteiger partial charge in [0.2, 0.25) is 0 Å². The van der Waals surface area contributed by atoms with E-state index < -0.39 is 8.80 Å². The monoisotopic (exact) mass is 148 g/mol. The van der Waals surface area contributed by atoms with Crippen molar-refractivity contribution in [2.24, 2.45) is 0 Å². The molecule has 0 aliphatic rings. The second-order valence-corrected chi connectivity index (χ2v) is 5.69. The SMILES string of the molecule is CC[SiH](C=CCl)CC. The number of hydrogen-bond donors (Lipinski definition) is 0. The molecule has 0 bridgehead atoms. The molecule has 0 fully saturated rings. The van der Waals surface area contributed by atoms with Gasteiger partial charge in [-0.2, -0.15) is 0 Å². The largest absolute Gasteiger partial charge is 0.0937 e. The third-order valence-corrected chi connectivity index (χ3v) is 4.62. The maximum atomic E-state index is 5.41. The minimum absolute atomic E-state index is 0.505. The van der Waals surface area contributed by atoms with E-state index in [1.807, 2.05) is 0 Å². The van der Waals surface area contributed by atoms with Crippen molar-refractivity contribution in [1.82, 2.24) is 0 Å². The lowest BCUT2D eigenvalue weighted by atomic mass is 10.9. The first kappa shape index (κ1) is 8.25. The van der Waals surface area contributed by atoms with Gasteiger partial charge in [0.1, 0.15) is 0 Å². The van der Waals surface area contributed by atoms with Crippen LogP contribution < -0.4 is 0 Å². The summed E-state index contributed by atoms with van der Waals surface area (Å²) in [6.45, 7) is 4.47. The molecule has 0 spiro atoms. The van der Waals surface area contributed by atoms with Crippen LogP contribution in [0, 0.1) is 0 Å². The topological polar surface area (TPSA) is 0 Å². The van der Waals surface area contributed by atoms with E-state index in [1.54, 1.807) is 5.54 Å². The highest BCUT2D eigenvalue weighted by molar-refractivity contribution is 6.64. The summed E-state index contributed by atoms with van der Waals surface area (Å²) in [5, 5.41) is 0. The molecule has 0 saturated heterocycles. The molecule has 0 aliphatic carbocycles. The molecule has 0 radical (unpaired) electrons. The quantitative estimate of drug-likeness (QED) is 0.540. The number of rotatable bonds is 3. The molecule has 48 valence electrons. The second kappa shape index (κ2) is 5.38. The first-order valence-electron chi connectivity index (χ1n) is 3.12. The van der Waals surface area contributed by atoms with Gasteiger partial charge in [-0.05, 0) is 5.54 Å². The maximum Gasteiger partial charge on any atom is 0.0621 e.